The average molecular weight is 543 g/mol. The summed E-state index contributed by atoms with van der Waals surface area (Å²) in [6, 6.07) is 19.8. The first-order valence-electron chi connectivity index (χ1n) is 12.3. The van der Waals surface area contributed by atoms with Crippen molar-refractivity contribution in [3.05, 3.63) is 121 Å². The molecular weight excluding hydrogens is 518 g/mol. The topological polar surface area (TPSA) is 118 Å². The van der Waals surface area contributed by atoms with Crippen molar-refractivity contribution >= 4 is 27.4 Å². The first kappa shape index (κ1) is 24.7. The van der Waals surface area contributed by atoms with Gasteiger partial charge in [-0.2, -0.15) is 13.0 Å². The van der Waals surface area contributed by atoms with Gasteiger partial charge in [0.15, 0.2) is 5.78 Å². The molecular formula is C29H24N3O6S+. The molecule has 4 aromatic rings. The van der Waals surface area contributed by atoms with E-state index in [4.69, 9.17) is 4.18 Å². The van der Waals surface area contributed by atoms with Crippen molar-refractivity contribution < 1.29 is 22.4 Å². The van der Waals surface area contributed by atoms with Gasteiger partial charge in [-0.05, 0) is 36.8 Å². The number of nitrogens with one attached hydrogen (secondary N) is 1. The lowest BCUT2D eigenvalue weighted by Gasteiger charge is -2.26. The molecule has 6 rings (SSSR count). The molecule has 0 fully saturated rings. The first-order chi connectivity index (χ1) is 18.6. The van der Waals surface area contributed by atoms with Crippen molar-refractivity contribution in [2.75, 3.05) is 0 Å². The summed E-state index contributed by atoms with van der Waals surface area (Å²) >= 11 is 0. The number of hydrogen-bond acceptors (Lipinski definition) is 6. The van der Waals surface area contributed by atoms with E-state index in [9.17, 15) is 22.8 Å². The molecule has 2 unspecified atom stereocenters. The summed E-state index contributed by atoms with van der Waals surface area (Å²) in [6.07, 6.45) is 0. The number of carbonyl (C=O) groups is 1. The maximum atomic E-state index is 13.7. The maximum Gasteiger partial charge on any atom is 0.417 e. The van der Waals surface area contributed by atoms with Gasteiger partial charge in [0.25, 0.3) is 11.4 Å². The molecule has 1 aromatic heterocycles. The molecule has 2 heterocycles. The lowest BCUT2D eigenvalue weighted by atomic mass is 9.76. The van der Waals surface area contributed by atoms with Crippen molar-refractivity contribution in [3.8, 4) is 5.75 Å². The Hall–Kier alpha value is -4.57. The highest BCUT2D eigenvalue weighted by molar-refractivity contribution is 7.87. The largest absolute Gasteiger partial charge is 0.417 e. The molecule has 0 radical (unpaired) electrons. The molecule has 196 valence electrons. The van der Waals surface area contributed by atoms with Gasteiger partial charge in [0, 0.05) is 24.1 Å². The summed E-state index contributed by atoms with van der Waals surface area (Å²) in [6.45, 7) is 1.86. The van der Waals surface area contributed by atoms with E-state index in [2.05, 4.69) is 4.99 Å². The van der Waals surface area contributed by atoms with Gasteiger partial charge in [0.1, 0.15) is 21.9 Å². The number of nitrogens with zero attached hydrogens (tertiary/aromatic N) is 2. The number of fused-ring (bicyclic) bond motifs is 4. The fourth-order valence-electron chi connectivity index (χ4n) is 5.43. The third kappa shape index (κ3) is 3.78. The molecule has 0 saturated heterocycles. The van der Waals surface area contributed by atoms with E-state index in [-0.39, 0.29) is 22.0 Å². The van der Waals surface area contributed by atoms with Gasteiger partial charge in [-0.25, -0.2) is 14.4 Å². The Morgan fingerprint density at radius 2 is 1.44 bits per heavy atom. The number of ketones is 1. The van der Waals surface area contributed by atoms with Crippen LogP contribution in [-0.2, 0) is 24.2 Å². The summed E-state index contributed by atoms with van der Waals surface area (Å²) in [5, 5.41) is 0. The average Bonchev–Trinajstić information content (AvgIpc) is 3.22. The Balaban J connectivity index is 1.47. The van der Waals surface area contributed by atoms with Crippen molar-refractivity contribution in [2.24, 2.45) is 20.0 Å². The van der Waals surface area contributed by atoms with Crippen molar-refractivity contribution in [1.29, 1.82) is 0 Å². The Labute approximate surface area is 223 Å². The molecule has 10 heteroatoms. The van der Waals surface area contributed by atoms with Crippen LogP contribution in [-0.4, -0.2) is 29.0 Å². The molecule has 0 bridgehead atoms. The smallest absolute Gasteiger partial charge is 0.379 e. The summed E-state index contributed by atoms with van der Waals surface area (Å²) in [4.78, 5) is 43.1. The van der Waals surface area contributed by atoms with Crippen LogP contribution in [0.15, 0.2) is 87.3 Å². The van der Waals surface area contributed by atoms with E-state index in [1.54, 1.807) is 43.4 Å². The van der Waals surface area contributed by atoms with Gasteiger partial charge in [-0.3, -0.25) is 9.59 Å². The van der Waals surface area contributed by atoms with Crippen molar-refractivity contribution in [3.63, 3.8) is 0 Å². The SMILES string of the molecule is Cc1ccc(S(=O)(=O)Oc2ccc(C3c4c(n(C)c(=O)n(C)c4=O)[NH+]=C4c5ccccc5C(=O)C43)cc2)cc1. The highest BCUT2D eigenvalue weighted by Crippen LogP contribution is 2.42. The molecule has 2 atom stereocenters. The highest BCUT2D eigenvalue weighted by Gasteiger charge is 2.50. The zero-order chi connectivity index (χ0) is 27.6. The zero-order valence-corrected chi connectivity index (χ0v) is 22.2. The van der Waals surface area contributed by atoms with Gasteiger partial charge in [-0.1, -0.05) is 54.1 Å². The van der Waals surface area contributed by atoms with Gasteiger partial charge >= 0.3 is 15.8 Å². The maximum absolute atomic E-state index is 13.7. The number of rotatable bonds is 4. The summed E-state index contributed by atoms with van der Waals surface area (Å²) in [5.74, 6) is -1.16. The Kier molecular flexibility index (Phi) is 5.55. The van der Waals surface area contributed by atoms with E-state index in [1.165, 1.54) is 35.9 Å². The minimum absolute atomic E-state index is 0.0300. The second kappa shape index (κ2) is 8.74. The normalized spacial score (nSPS) is 17.7. The molecule has 1 aliphatic heterocycles. The Bertz CT molecular complexity index is 1940. The Morgan fingerprint density at radius 3 is 2.10 bits per heavy atom. The molecule has 1 N–H and O–H groups in total. The first-order valence-corrected chi connectivity index (χ1v) is 13.7. The predicted molar refractivity (Wildman–Crippen MR) is 143 cm³/mol. The van der Waals surface area contributed by atoms with Crippen molar-refractivity contribution in [2.45, 2.75) is 17.7 Å². The third-order valence-corrected chi connectivity index (χ3v) is 8.69. The molecule has 3 aromatic carbocycles. The second-order valence-electron chi connectivity index (χ2n) is 9.79. The van der Waals surface area contributed by atoms with Crippen LogP contribution in [0, 0.1) is 12.8 Å². The summed E-state index contributed by atoms with van der Waals surface area (Å²) in [7, 11) is -1.09. The summed E-state index contributed by atoms with van der Waals surface area (Å²) < 4.78 is 33.3. The van der Waals surface area contributed by atoms with Crippen LogP contribution in [0.25, 0.3) is 0 Å². The molecule has 1 aliphatic carbocycles. The Morgan fingerprint density at radius 1 is 0.795 bits per heavy atom. The van der Waals surface area contributed by atoms with Crippen molar-refractivity contribution in [1.82, 2.24) is 9.13 Å². The number of aromatic nitrogens is 2. The van der Waals surface area contributed by atoms with Gasteiger partial charge in [-0.15, -0.1) is 0 Å². The van der Waals surface area contributed by atoms with Gasteiger partial charge in [0.05, 0.1) is 13.0 Å². The third-order valence-electron chi connectivity index (χ3n) is 7.43. The quantitative estimate of drug-likeness (QED) is 0.389. The van der Waals surface area contributed by atoms with Gasteiger partial charge in [0.2, 0.25) is 0 Å². The number of carbonyl (C=O) groups excluding carboxylic acids is 1. The lowest BCUT2D eigenvalue weighted by molar-refractivity contribution is -0.368. The lowest BCUT2D eigenvalue weighted by Crippen LogP contribution is -2.74. The van der Waals surface area contributed by atoms with E-state index in [0.29, 0.717) is 22.7 Å². The molecule has 0 saturated carbocycles. The van der Waals surface area contributed by atoms with Crippen LogP contribution in [0.2, 0.25) is 0 Å². The van der Waals surface area contributed by atoms with E-state index in [1.807, 2.05) is 19.1 Å². The molecule has 2 aliphatic rings. The molecule has 0 amide bonds. The predicted octanol–water partition coefficient (Wildman–Crippen LogP) is 1.32. The number of Topliss-reactive ketones (excluding diaryl/α,β-unsaturated/α-hetero) is 1. The van der Waals surface area contributed by atoms with E-state index in [0.717, 1.165) is 15.7 Å². The van der Waals surface area contributed by atoms with E-state index < -0.39 is 33.2 Å². The fraction of sp³-hybridized carbons (Fsp3) is 0.172. The van der Waals surface area contributed by atoms with Crippen LogP contribution in [0.4, 0.5) is 5.82 Å². The molecule has 0 spiro atoms. The van der Waals surface area contributed by atoms with Crippen LogP contribution >= 0.6 is 0 Å². The number of hydrogen-bond donors (Lipinski definition) is 1. The molecule has 39 heavy (non-hydrogen) atoms. The highest BCUT2D eigenvalue weighted by atomic mass is 32.2. The monoisotopic (exact) mass is 542 g/mol. The fourth-order valence-corrected chi connectivity index (χ4v) is 6.36. The van der Waals surface area contributed by atoms with Crippen LogP contribution in [0.3, 0.4) is 0 Å². The van der Waals surface area contributed by atoms with Crippen LogP contribution < -0.4 is 20.4 Å². The van der Waals surface area contributed by atoms with Crippen LogP contribution in [0.5, 0.6) is 5.75 Å². The minimum Gasteiger partial charge on any atom is -0.379 e. The standard InChI is InChI=1S/C29H23N3O6S/c1-16-8-14-19(15-9-16)39(36,37)38-18-12-10-17(11-13-18)22-23-25(20-6-4-5-7-21(20)26(23)33)30-27-24(22)28(34)32(3)29(35)31(27)2/h4-15,22-23H,1-3H3/p+1. The summed E-state index contributed by atoms with van der Waals surface area (Å²) in [5.41, 5.74) is 2.70. The number of aryl methyl sites for hydroxylation is 1. The van der Waals surface area contributed by atoms with Gasteiger partial charge < -0.3 is 4.18 Å². The number of benzene rings is 3. The minimum atomic E-state index is -4.06. The second-order valence-corrected chi connectivity index (χ2v) is 11.3. The zero-order valence-electron chi connectivity index (χ0n) is 21.3. The van der Waals surface area contributed by atoms with Crippen LogP contribution in [0.1, 0.15) is 38.5 Å². The van der Waals surface area contributed by atoms with E-state index >= 15 is 0 Å². The molecule has 9 nitrogen and oxygen atoms in total.